The molecule has 2 aliphatic heterocycles. The average molecular weight is 250 g/mol. The fraction of sp³-hybridized carbons (Fsp3) is 0.867. The molecule has 18 heavy (non-hydrogen) atoms. The summed E-state index contributed by atoms with van der Waals surface area (Å²) in [6.07, 6.45) is 5.25. The molecule has 0 bridgehead atoms. The van der Waals surface area contributed by atoms with E-state index in [0.29, 0.717) is 11.8 Å². The van der Waals surface area contributed by atoms with Crippen LogP contribution >= 0.6 is 0 Å². The van der Waals surface area contributed by atoms with Gasteiger partial charge in [-0.15, -0.1) is 0 Å². The number of aliphatic hydroxyl groups is 1. The van der Waals surface area contributed by atoms with Gasteiger partial charge in [0.1, 0.15) is 0 Å². The Morgan fingerprint density at radius 1 is 1.33 bits per heavy atom. The van der Waals surface area contributed by atoms with Crippen molar-refractivity contribution in [3.05, 3.63) is 11.6 Å². The molecular formula is C15H22O3. The first-order valence-corrected chi connectivity index (χ1v) is 7.16. The standard InChI is InChI=1S/C15H22O3/c1-14(2)10-4-3-9-7-17-13-12(9)15(10,8-18-13)6-5-11(14)16/h3,10-13,16H,4-8H2,1-2H3/t10-,11+,12+,13+,15+/m0/s1. The SMILES string of the molecule is CC1(C)[C@H](O)CC[C@@]23CO[C@H]4OCC(=CC[C@@H]12)[C@H]43. The number of hydrogen-bond donors (Lipinski definition) is 1. The molecule has 2 saturated heterocycles. The zero-order chi connectivity index (χ0) is 12.5. The van der Waals surface area contributed by atoms with Gasteiger partial charge in [0.25, 0.3) is 0 Å². The van der Waals surface area contributed by atoms with E-state index in [1.165, 1.54) is 5.57 Å². The van der Waals surface area contributed by atoms with Crippen molar-refractivity contribution in [3.63, 3.8) is 0 Å². The average Bonchev–Trinajstić information content (AvgIpc) is 2.91. The van der Waals surface area contributed by atoms with Gasteiger partial charge < -0.3 is 14.6 Å². The highest BCUT2D eigenvalue weighted by Gasteiger charge is 2.64. The summed E-state index contributed by atoms with van der Waals surface area (Å²) in [5.74, 6) is 0.984. The smallest absolute Gasteiger partial charge is 0.165 e. The maximum atomic E-state index is 10.3. The van der Waals surface area contributed by atoms with Crippen molar-refractivity contribution < 1.29 is 14.6 Å². The molecule has 1 saturated carbocycles. The van der Waals surface area contributed by atoms with Gasteiger partial charge in [-0.05, 0) is 36.2 Å². The molecule has 2 aliphatic carbocycles. The quantitative estimate of drug-likeness (QED) is 0.669. The second-order valence-corrected chi connectivity index (χ2v) is 7.14. The van der Waals surface area contributed by atoms with E-state index in [1.54, 1.807) is 0 Å². The molecule has 0 aromatic carbocycles. The summed E-state index contributed by atoms with van der Waals surface area (Å²) in [6.45, 7) is 6.03. The Bertz CT molecular complexity index is 414. The molecule has 5 atom stereocenters. The Balaban J connectivity index is 1.82. The Labute approximate surface area is 108 Å². The van der Waals surface area contributed by atoms with Crippen molar-refractivity contribution >= 4 is 0 Å². The van der Waals surface area contributed by atoms with Crippen LogP contribution in [0.5, 0.6) is 0 Å². The first-order valence-electron chi connectivity index (χ1n) is 7.16. The Hall–Kier alpha value is -0.380. The lowest BCUT2D eigenvalue weighted by atomic mass is 9.48. The number of aliphatic hydroxyl groups excluding tert-OH is 1. The fourth-order valence-corrected chi connectivity index (χ4v) is 5.11. The van der Waals surface area contributed by atoms with Crippen LogP contribution in [0.2, 0.25) is 0 Å². The van der Waals surface area contributed by atoms with Crippen LogP contribution in [0.3, 0.4) is 0 Å². The zero-order valence-electron chi connectivity index (χ0n) is 11.2. The second kappa shape index (κ2) is 3.38. The molecule has 3 nitrogen and oxygen atoms in total. The fourth-order valence-electron chi connectivity index (χ4n) is 5.11. The molecule has 4 aliphatic rings. The van der Waals surface area contributed by atoms with E-state index in [4.69, 9.17) is 9.47 Å². The highest BCUT2D eigenvalue weighted by atomic mass is 16.7. The van der Waals surface area contributed by atoms with E-state index in [9.17, 15) is 5.11 Å². The van der Waals surface area contributed by atoms with E-state index in [2.05, 4.69) is 19.9 Å². The molecule has 0 amide bonds. The molecule has 2 heterocycles. The number of rotatable bonds is 0. The molecule has 0 unspecified atom stereocenters. The molecule has 3 fully saturated rings. The molecule has 100 valence electrons. The monoisotopic (exact) mass is 250 g/mol. The van der Waals surface area contributed by atoms with Gasteiger partial charge in [-0.25, -0.2) is 0 Å². The van der Waals surface area contributed by atoms with Gasteiger partial charge in [0.05, 0.1) is 19.3 Å². The van der Waals surface area contributed by atoms with Gasteiger partial charge in [-0.3, -0.25) is 0 Å². The topological polar surface area (TPSA) is 38.7 Å². The number of allylic oxidation sites excluding steroid dienone is 1. The Morgan fingerprint density at radius 3 is 3.00 bits per heavy atom. The summed E-state index contributed by atoms with van der Waals surface area (Å²) in [4.78, 5) is 0. The molecule has 4 rings (SSSR count). The predicted molar refractivity (Wildman–Crippen MR) is 66.8 cm³/mol. The van der Waals surface area contributed by atoms with Gasteiger partial charge in [-0.2, -0.15) is 0 Å². The minimum Gasteiger partial charge on any atom is -0.393 e. The van der Waals surface area contributed by atoms with Gasteiger partial charge in [0, 0.05) is 11.3 Å². The summed E-state index contributed by atoms with van der Waals surface area (Å²) in [5, 5.41) is 10.3. The zero-order valence-corrected chi connectivity index (χ0v) is 11.2. The van der Waals surface area contributed by atoms with E-state index in [0.717, 1.165) is 32.5 Å². The van der Waals surface area contributed by atoms with Crippen molar-refractivity contribution in [3.8, 4) is 0 Å². The molecular weight excluding hydrogens is 228 g/mol. The summed E-state index contributed by atoms with van der Waals surface area (Å²) in [5.41, 5.74) is 1.68. The van der Waals surface area contributed by atoms with Crippen LogP contribution in [0.4, 0.5) is 0 Å². The van der Waals surface area contributed by atoms with Crippen LogP contribution in [0.15, 0.2) is 11.6 Å². The Morgan fingerprint density at radius 2 is 2.17 bits per heavy atom. The lowest BCUT2D eigenvalue weighted by molar-refractivity contribution is -0.114. The summed E-state index contributed by atoms with van der Waals surface area (Å²) in [7, 11) is 0. The van der Waals surface area contributed by atoms with E-state index in [1.807, 2.05) is 0 Å². The first-order chi connectivity index (χ1) is 8.56. The van der Waals surface area contributed by atoms with Crippen LogP contribution in [0, 0.1) is 22.7 Å². The van der Waals surface area contributed by atoms with E-state index < -0.39 is 0 Å². The summed E-state index contributed by atoms with van der Waals surface area (Å²) in [6, 6.07) is 0. The molecule has 3 heteroatoms. The molecule has 0 aromatic rings. The van der Waals surface area contributed by atoms with Crippen molar-refractivity contribution in [2.24, 2.45) is 22.7 Å². The minimum atomic E-state index is -0.176. The first kappa shape index (κ1) is 11.4. The van der Waals surface area contributed by atoms with Gasteiger partial charge in [-0.1, -0.05) is 19.9 Å². The van der Waals surface area contributed by atoms with Gasteiger partial charge in [0.2, 0.25) is 0 Å². The molecule has 1 N–H and O–H groups in total. The van der Waals surface area contributed by atoms with Gasteiger partial charge >= 0.3 is 0 Å². The maximum absolute atomic E-state index is 10.3. The maximum Gasteiger partial charge on any atom is 0.165 e. The van der Waals surface area contributed by atoms with Crippen LogP contribution in [0.1, 0.15) is 33.1 Å². The molecule has 0 radical (unpaired) electrons. The molecule has 1 spiro atoms. The third kappa shape index (κ3) is 1.16. The lowest BCUT2D eigenvalue weighted by Gasteiger charge is -2.56. The molecule has 0 aromatic heterocycles. The predicted octanol–water partition coefficient (Wildman–Crippen LogP) is 2.10. The van der Waals surface area contributed by atoms with Crippen LogP contribution < -0.4 is 0 Å². The number of ether oxygens (including phenoxy) is 2. The van der Waals surface area contributed by atoms with E-state index >= 15 is 0 Å². The second-order valence-electron chi connectivity index (χ2n) is 7.14. The normalized spacial score (nSPS) is 52.7. The lowest BCUT2D eigenvalue weighted by Crippen LogP contribution is -2.55. The van der Waals surface area contributed by atoms with Crippen molar-refractivity contribution in [1.82, 2.24) is 0 Å². The van der Waals surface area contributed by atoms with Crippen LogP contribution in [-0.2, 0) is 9.47 Å². The highest BCUT2D eigenvalue weighted by molar-refractivity contribution is 5.27. The summed E-state index contributed by atoms with van der Waals surface area (Å²) < 4.78 is 11.7. The highest BCUT2D eigenvalue weighted by Crippen LogP contribution is 2.64. The largest absolute Gasteiger partial charge is 0.393 e. The van der Waals surface area contributed by atoms with Crippen molar-refractivity contribution in [1.29, 1.82) is 0 Å². The van der Waals surface area contributed by atoms with E-state index in [-0.39, 0.29) is 23.2 Å². The number of hydrogen-bond acceptors (Lipinski definition) is 3. The third-order valence-corrected chi connectivity index (χ3v) is 6.17. The van der Waals surface area contributed by atoms with Crippen molar-refractivity contribution in [2.75, 3.05) is 13.2 Å². The third-order valence-electron chi connectivity index (χ3n) is 6.17. The van der Waals surface area contributed by atoms with Gasteiger partial charge in [0.15, 0.2) is 6.29 Å². The minimum absolute atomic E-state index is 0.00917. The Kier molecular flexibility index (Phi) is 2.15. The summed E-state index contributed by atoms with van der Waals surface area (Å²) >= 11 is 0. The van der Waals surface area contributed by atoms with Crippen molar-refractivity contribution in [2.45, 2.75) is 45.5 Å². The van der Waals surface area contributed by atoms with Crippen LogP contribution in [-0.4, -0.2) is 30.7 Å². The van der Waals surface area contributed by atoms with Crippen LogP contribution in [0.25, 0.3) is 0 Å².